The number of rotatable bonds is 2. The van der Waals surface area contributed by atoms with Gasteiger partial charge in [0.15, 0.2) is 0 Å². The molecule has 2 unspecified atom stereocenters. The number of aliphatic hydroxyl groups is 1. The average Bonchev–Trinajstić information content (AvgIpc) is 2.62. The minimum absolute atomic E-state index is 0.00560. The molecule has 2 atom stereocenters. The Morgan fingerprint density at radius 1 is 1.25 bits per heavy atom. The molecule has 1 aliphatic heterocycles. The van der Waals surface area contributed by atoms with E-state index in [4.69, 9.17) is 5.73 Å². The first kappa shape index (κ1) is 13.2. The molecule has 2 aliphatic rings. The Morgan fingerprint density at radius 3 is 2.90 bits per heavy atom. The fraction of sp³-hybridized carbons (Fsp3) is 0.533. The maximum Gasteiger partial charge on any atom is 0.228 e. The lowest BCUT2D eigenvalue weighted by molar-refractivity contribution is -0.115. The fourth-order valence-electron chi connectivity index (χ4n) is 3.07. The fourth-order valence-corrected chi connectivity index (χ4v) is 3.07. The predicted molar refractivity (Wildman–Crippen MR) is 79.7 cm³/mol. The molecule has 5 heteroatoms. The standard InChI is InChI=1S/C15H21N3O2/c16-10-6-9-7-15(20)18-12(9)8-13(10)17-11-4-2-1-3-5-14(11)19/h6,8,11,14,17,19H,1-5,7,16H2,(H,18,20). The van der Waals surface area contributed by atoms with Gasteiger partial charge >= 0.3 is 0 Å². The molecular weight excluding hydrogens is 254 g/mol. The van der Waals surface area contributed by atoms with E-state index in [1.165, 1.54) is 6.42 Å². The molecule has 1 aromatic rings. The van der Waals surface area contributed by atoms with Gasteiger partial charge in [-0.1, -0.05) is 19.3 Å². The molecule has 1 aliphatic carbocycles. The summed E-state index contributed by atoms with van der Waals surface area (Å²) < 4.78 is 0. The number of anilines is 3. The van der Waals surface area contributed by atoms with E-state index in [1.807, 2.05) is 12.1 Å². The van der Waals surface area contributed by atoms with Gasteiger partial charge in [-0.15, -0.1) is 0 Å². The van der Waals surface area contributed by atoms with Crippen molar-refractivity contribution in [2.45, 2.75) is 50.7 Å². The van der Waals surface area contributed by atoms with Crippen molar-refractivity contribution in [3.05, 3.63) is 17.7 Å². The van der Waals surface area contributed by atoms with Crippen LogP contribution in [-0.2, 0) is 11.2 Å². The summed E-state index contributed by atoms with van der Waals surface area (Å²) in [6.45, 7) is 0. The Bertz CT molecular complexity index is 530. The van der Waals surface area contributed by atoms with Crippen LogP contribution >= 0.6 is 0 Å². The molecule has 5 nitrogen and oxygen atoms in total. The molecule has 5 N–H and O–H groups in total. The molecule has 0 bridgehead atoms. The number of benzene rings is 1. The second kappa shape index (κ2) is 5.32. The molecule has 1 heterocycles. The van der Waals surface area contributed by atoms with Crippen molar-refractivity contribution in [1.82, 2.24) is 0 Å². The van der Waals surface area contributed by atoms with Gasteiger partial charge in [0, 0.05) is 5.69 Å². The zero-order valence-corrected chi connectivity index (χ0v) is 11.5. The third kappa shape index (κ3) is 2.58. The van der Waals surface area contributed by atoms with Crippen molar-refractivity contribution >= 4 is 23.0 Å². The van der Waals surface area contributed by atoms with Gasteiger partial charge in [-0.3, -0.25) is 4.79 Å². The van der Waals surface area contributed by atoms with Gasteiger partial charge in [0.2, 0.25) is 5.91 Å². The van der Waals surface area contributed by atoms with Crippen molar-refractivity contribution < 1.29 is 9.90 Å². The Balaban J connectivity index is 1.80. The molecule has 0 spiro atoms. The first-order valence-corrected chi connectivity index (χ1v) is 7.30. The topological polar surface area (TPSA) is 87.4 Å². The van der Waals surface area contributed by atoms with Crippen LogP contribution in [0.15, 0.2) is 12.1 Å². The van der Waals surface area contributed by atoms with Gasteiger partial charge in [0.05, 0.1) is 29.9 Å². The van der Waals surface area contributed by atoms with Crippen LogP contribution < -0.4 is 16.4 Å². The zero-order valence-electron chi connectivity index (χ0n) is 11.5. The number of nitrogens with one attached hydrogen (secondary N) is 2. The molecule has 1 saturated carbocycles. The van der Waals surface area contributed by atoms with Crippen molar-refractivity contribution in [3.8, 4) is 0 Å². The highest BCUT2D eigenvalue weighted by Crippen LogP contribution is 2.33. The van der Waals surface area contributed by atoms with E-state index in [-0.39, 0.29) is 18.1 Å². The van der Waals surface area contributed by atoms with Crippen LogP contribution in [0.2, 0.25) is 0 Å². The summed E-state index contributed by atoms with van der Waals surface area (Å²) in [5.41, 5.74) is 9.27. The first-order valence-electron chi connectivity index (χ1n) is 7.30. The van der Waals surface area contributed by atoms with Crippen molar-refractivity contribution in [1.29, 1.82) is 0 Å². The number of nitrogen functional groups attached to an aromatic ring is 1. The first-order chi connectivity index (χ1) is 9.63. The maximum absolute atomic E-state index is 11.4. The summed E-state index contributed by atoms with van der Waals surface area (Å²) in [7, 11) is 0. The summed E-state index contributed by atoms with van der Waals surface area (Å²) in [5.74, 6) is 0.00560. The minimum atomic E-state index is -0.334. The lowest BCUT2D eigenvalue weighted by Gasteiger charge is -2.24. The van der Waals surface area contributed by atoms with Crippen LogP contribution in [0.1, 0.15) is 37.7 Å². The molecule has 20 heavy (non-hydrogen) atoms. The van der Waals surface area contributed by atoms with Crippen LogP contribution in [0, 0.1) is 0 Å². The molecule has 1 amide bonds. The van der Waals surface area contributed by atoms with E-state index in [2.05, 4.69) is 10.6 Å². The van der Waals surface area contributed by atoms with Gasteiger partial charge in [-0.05, 0) is 30.5 Å². The van der Waals surface area contributed by atoms with Crippen LogP contribution in [0.4, 0.5) is 17.1 Å². The number of hydrogen-bond donors (Lipinski definition) is 4. The smallest absolute Gasteiger partial charge is 0.228 e. The zero-order chi connectivity index (χ0) is 14.1. The van der Waals surface area contributed by atoms with E-state index in [0.717, 1.165) is 42.6 Å². The lowest BCUT2D eigenvalue weighted by Crippen LogP contribution is -2.32. The van der Waals surface area contributed by atoms with Gasteiger partial charge in [-0.25, -0.2) is 0 Å². The van der Waals surface area contributed by atoms with E-state index in [9.17, 15) is 9.90 Å². The normalized spacial score (nSPS) is 25.8. The molecule has 0 radical (unpaired) electrons. The quantitative estimate of drug-likeness (QED) is 0.490. The second-order valence-electron chi connectivity index (χ2n) is 5.78. The summed E-state index contributed by atoms with van der Waals surface area (Å²) in [5, 5.41) is 16.3. The third-order valence-electron chi connectivity index (χ3n) is 4.22. The Morgan fingerprint density at radius 2 is 2.05 bits per heavy atom. The highest BCUT2D eigenvalue weighted by Gasteiger charge is 2.24. The van der Waals surface area contributed by atoms with Crippen LogP contribution in [-0.4, -0.2) is 23.2 Å². The summed E-state index contributed by atoms with van der Waals surface area (Å²) in [4.78, 5) is 11.4. The highest BCUT2D eigenvalue weighted by molar-refractivity contribution is 6.00. The molecule has 108 valence electrons. The number of aliphatic hydroxyl groups excluding tert-OH is 1. The second-order valence-corrected chi connectivity index (χ2v) is 5.78. The predicted octanol–water partition coefficient (Wildman–Crippen LogP) is 1.87. The van der Waals surface area contributed by atoms with E-state index in [1.54, 1.807) is 0 Å². The average molecular weight is 275 g/mol. The van der Waals surface area contributed by atoms with Crippen molar-refractivity contribution in [3.63, 3.8) is 0 Å². The van der Waals surface area contributed by atoms with Crippen LogP contribution in [0.5, 0.6) is 0 Å². The summed E-state index contributed by atoms with van der Waals surface area (Å²) >= 11 is 0. The number of carbonyl (C=O) groups excluding carboxylic acids is 1. The van der Waals surface area contributed by atoms with E-state index < -0.39 is 0 Å². The van der Waals surface area contributed by atoms with Gasteiger partial charge < -0.3 is 21.5 Å². The Kier molecular flexibility index (Phi) is 3.53. The van der Waals surface area contributed by atoms with Crippen LogP contribution in [0.25, 0.3) is 0 Å². The molecular formula is C15H21N3O2. The largest absolute Gasteiger partial charge is 0.397 e. The molecule has 0 aromatic heterocycles. The Hall–Kier alpha value is -1.75. The van der Waals surface area contributed by atoms with E-state index in [0.29, 0.717) is 12.1 Å². The Labute approximate surface area is 118 Å². The number of hydrogen-bond acceptors (Lipinski definition) is 4. The van der Waals surface area contributed by atoms with E-state index >= 15 is 0 Å². The van der Waals surface area contributed by atoms with Gasteiger partial charge in [0.25, 0.3) is 0 Å². The lowest BCUT2D eigenvalue weighted by atomic mass is 10.0. The van der Waals surface area contributed by atoms with Crippen molar-refractivity contribution in [2.75, 3.05) is 16.4 Å². The van der Waals surface area contributed by atoms with Crippen molar-refractivity contribution in [2.24, 2.45) is 0 Å². The highest BCUT2D eigenvalue weighted by atomic mass is 16.3. The number of carbonyl (C=O) groups is 1. The number of amides is 1. The summed E-state index contributed by atoms with van der Waals surface area (Å²) in [6.07, 6.45) is 5.21. The number of fused-ring (bicyclic) bond motifs is 1. The molecule has 0 saturated heterocycles. The SMILES string of the molecule is Nc1cc2c(cc1NC1CCCCCC1O)NC(=O)C2. The minimum Gasteiger partial charge on any atom is -0.397 e. The molecule has 1 fully saturated rings. The third-order valence-corrected chi connectivity index (χ3v) is 4.22. The molecule has 3 rings (SSSR count). The summed E-state index contributed by atoms with van der Waals surface area (Å²) in [6, 6.07) is 3.76. The maximum atomic E-state index is 11.4. The van der Waals surface area contributed by atoms with Gasteiger partial charge in [-0.2, -0.15) is 0 Å². The number of nitrogens with two attached hydrogens (primary N) is 1. The molecule has 1 aromatic carbocycles. The van der Waals surface area contributed by atoms with Crippen LogP contribution in [0.3, 0.4) is 0 Å². The van der Waals surface area contributed by atoms with Gasteiger partial charge in [0.1, 0.15) is 0 Å². The monoisotopic (exact) mass is 275 g/mol.